The van der Waals surface area contributed by atoms with Crippen molar-refractivity contribution in [2.45, 2.75) is 13.0 Å². The lowest BCUT2D eigenvalue weighted by molar-refractivity contribution is 0.250. The number of benzene rings is 2. The van der Waals surface area contributed by atoms with Gasteiger partial charge in [-0.15, -0.1) is 0 Å². The third kappa shape index (κ3) is 4.08. The summed E-state index contributed by atoms with van der Waals surface area (Å²) < 4.78 is 13.0. The number of hydrogen-bond acceptors (Lipinski definition) is 3. The Morgan fingerprint density at radius 3 is 2.35 bits per heavy atom. The Labute approximate surface area is 136 Å². The van der Waals surface area contributed by atoms with Crippen molar-refractivity contribution in [2.75, 3.05) is 31.1 Å². The Kier molecular flexibility index (Phi) is 4.89. The summed E-state index contributed by atoms with van der Waals surface area (Å²) in [6, 6.07) is 17.2. The molecule has 4 heteroatoms. The first-order valence-electron chi connectivity index (χ1n) is 7.92. The molecule has 3 nitrogen and oxygen atoms in total. The monoisotopic (exact) mass is 309 g/mol. The van der Waals surface area contributed by atoms with E-state index in [9.17, 15) is 4.39 Å². The lowest BCUT2D eigenvalue weighted by Crippen LogP contribution is -2.45. The molecule has 3 rings (SSSR count). The first-order chi connectivity index (χ1) is 11.2. The van der Waals surface area contributed by atoms with Gasteiger partial charge in [0, 0.05) is 38.4 Å². The molecular weight excluding hydrogens is 289 g/mol. The second-order valence-electron chi connectivity index (χ2n) is 5.89. The average Bonchev–Trinajstić information content (AvgIpc) is 2.57. The minimum atomic E-state index is -0.190. The summed E-state index contributed by atoms with van der Waals surface area (Å²) in [6.07, 6.45) is 0.464. The van der Waals surface area contributed by atoms with Crippen LogP contribution in [0.3, 0.4) is 0 Å². The lowest BCUT2D eigenvalue weighted by atomic mass is 10.1. The van der Waals surface area contributed by atoms with Crippen molar-refractivity contribution in [3.05, 3.63) is 65.5 Å². The van der Waals surface area contributed by atoms with E-state index < -0.39 is 0 Å². The van der Waals surface area contributed by atoms with Crippen LogP contribution in [0, 0.1) is 17.1 Å². The van der Waals surface area contributed by atoms with Gasteiger partial charge in [0.2, 0.25) is 0 Å². The topological polar surface area (TPSA) is 30.3 Å². The molecule has 2 aromatic carbocycles. The van der Waals surface area contributed by atoms with Gasteiger partial charge in [-0.3, -0.25) is 4.90 Å². The highest BCUT2D eigenvalue weighted by atomic mass is 19.1. The molecule has 0 aliphatic carbocycles. The zero-order valence-electron chi connectivity index (χ0n) is 13.1. The van der Waals surface area contributed by atoms with Crippen LogP contribution in [0.5, 0.6) is 0 Å². The van der Waals surface area contributed by atoms with Crippen LogP contribution in [0.4, 0.5) is 10.1 Å². The first kappa shape index (κ1) is 15.5. The van der Waals surface area contributed by atoms with Gasteiger partial charge in [0.05, 0.1) is 12.5 Å². The molecule has 2 aromatic rings. The van der Waals surface area contributed by atoms with Gasteiger partial charge in [-0.2, -0.15) is 5.26 Å². The van der Waals surface area contributed by atoms with Crippen molar-refractivity contribution < 1.29 is 4.39 Å². The third-order valence-electron chi connectivity index (χ3n) is 4.24. The molecule has 0 bridgehead atoms. The molecule has 1 heterocycles. The van der Waals surface area contributed by atoms with Crippen molar-refractivity contribution in [3.8, 4) is 6.07 Å². The van der Waals surface area contributed by atoms with E-state index in [-0.39, 0.29) is 5.82 Å². The van der Waals surface area contributed by atoms with Gasteiger partial charge in [0.1, 0.15) is 5.82 Å². The molecule has 1 aliphatic rings. The van der Waals surface area contributed by atoms with Crippen LogP contribution in [-0.2, 0) is 13.0 Å². The molecule has 118 valence electrons. The van der Waals surface area contributed by atoms with E-state index in [4.69, 9.17) is 5.26 Å². The maximum Gasteiger partial charge on any atom is 0.123 e. The number of piperazine rings is 1. The molecule has 0 radical (unpaired) electrons. The summed E-state index contributed by atoms with van der Waals surface area (Å²) in [5, 5.41) is 8.80. The Morgan fingerprint density at radius 1 is 0.957 bits per heavy atom. The van der Waals surface area contributed by atoms with E-state index in [0.717, 1.165) is 44.0 Å². The van der Waals surface area contributed by atoms with Crippen LogP contribution < -0.4 is 4.90 Å². The van der Waals surface area contributed by atoms with Crippen LogP contribution in [0.25, 0.3) is 0 Å². The molecular formula is C19H20FN3. The van der Waals surface area contributed by atoms with Crippen LogP contribution >= 0.6 is 0 Å². The Hall–Kier alpha value is -2.38. The summed E-state index contributed by atoms with van der Waals surface area (Å²) in [7, 11) is 0. The minimum Gasteiger partial charge on any atom is -0.369 e. The molecule has 1 saturated heterocycles. The van der Waals surface area contributed by atoms with E-state index >= 15 is 0 Å². The highest BCUT2D eigenvalue weighted by Gasteiger charge is 2.17. The molecule has 1 aliphatic heterocycles. The minimum absolute atomic E-state index is 0.190. The molecule has 0 spiro atoms. The van der Waals surface area contributed by atoms with Crippen molar-refractivity contribution in [3.63, 3.8) is 0 Å². The fourth-order valence-corrected chi connectivity index (χ4v) is 3.00. The molecule has 23 heavy (non-hydrogen) atoms. The molecule has 0 unspecified atom stereocenters. The molecule has 1 fully saturated rings. The van der Waals surface area contributed by atoms with E-state index in [0.29, 0.717) is 6.42 Å². The van der Waals surface area contributed by atoms with Gasteiger partial charge in [0.25, 0.3) is 0 Å². The summed E-state index contributed by atoms with van der Waals surface area (Å²) in [5.74, 6) is -0.190. The van der Waals surface area contributed by atoms with Crippen LogP contribution in [0.1, 0.15) is 11.1 Å². The van der Waals surface area contributed by atoms with E-state index in [2.05, 4.69) is 28.0 Å². The second kappa shape index (κ2) is 7.26. The zero-order valence-corrected chi connectivity index (χ0v) is 13.1. The molecule has 0 amide bonds. The zero-order chi connectivity index (χ0) is 16.1. The SMILES string of the molecule is N#CCc1cccc(CN2CCN(c3ccc(F)cc3)CC2)c1. The van der Waals surface area contributed by atoms with Gasteiger partial charge in [-0.05, 0) is 35.4 Å². The highest BCUT2D eigenvalue weighted by molar-refractivity contribution is 5.46. The Balaban J connectivity index is 1.56. The summed E-state index contributed by atoms with van der Waals surface area (Å²) in [5.41, 5.74) is 3.42. The fraction of sp³-hybridized carbons (Fsp3) is 0.316. The number of nitrogens with zero attached hydrogens (tertiary/aromatic N) is 3. The Bertz CT molecular complexity index is 683. The van der Waals surface area contributed by atoms with Gasteiger partial charge in [0.15, 0.2) is 0 Å². The van der Waals surface area contributed by atoms with Crippen LogP contribution in [0.2, 0.25) is 0 Å². The molecule has 0 atom stereocenters. The molecule has 0 N–H and O–H groups in total. The van der Waals surface area contributed by atoms with Crippen LogP contribution in [-0.4, -0.2) is 31.1 Å². The molecule has 0 saturated carbocycles. The summed E-state index contributed by atoms with van der Waals surface area (Å²) >= 11 is 0. The number of hydrogen-bond donors (Lipinski definition) is 0. The van der Waals surface area contributed by atoms with Crippen LogP contribution in [0.15, 0.2) is 48.5 Å². The van der Waals surface area contributed by atoms with Crippen molar-refractivity contribution >= 4 is 5.69 Å². The second-order valence-corrected chi connectivity index (χ2v) is 5.89. The van der Waals surface area contributed by atoms with Gasteiger partial charge in [-0.1, -0.05) is 24.3 Å². The third-order valence-corrected chi connectivity index (χ3v) is 4.24. The molecule has 0 aromatic heterocycles. The standard InChI is InChI=1S/C19H20FN3/c20-18-4-6-19(7-5-18)23-12-10-22(11-13-23)15-17-3-1-2-16(14-17)8-9-21/h1-7,14H,8,10-13,15H2. The van der Waals surface area contributed by atoms with Crippen molar-refractivity contribution in [1.82, 2.24) is 4.90 Å². The number of anilines is 1. The highest BCUT2D eigenvalue weighted by Crippen LogP contribution is 2.18. The fourth-order valence-electron chi connectivity index (χ4n) is 3.00. The van der Waals surface area contributed by atoms with Crippen molar-refractivity contribution in [2.24, 2.45) is 0 Å². The maximum absolute atomic E-state index is 13.0. The quantitative estimate of drug-likeness (QED) is 0.869. The van der Waals surface area contributed by atoms with E-state index in [1.54, 1.807) is 0 Å². The van der Waals surface area contributed by atoms with Gasteiger partial charge >= 0.3 is 0 Å². The maximum atomic E-state index is 13.0. The summed E-state index contributed by atoms with van der Waals surface area (Å²) in [6.45, 7) is 4.78. The van der Waals surface area contributed by atoms with Gasteiger partial charge in [-0.25, -0.2) is 4.39 Å². The van der Waals surface area contributed by atoms with Gasteiger partial charge < -0.3 is 4.90 Å². The predicted octanol–water partition coefficient (Wildman–Crippen LogP) is 3.21. The number of nitriles is 1. The average molecular weight is 309 g/mol. The first-order valence-corrected chi connectivity index (χ1v) is 7.92. The Morgan fingerprint density at radius 2 is 1.65 bits per heavy atom. The van der Waals surface area contributed by atoms with E-state index in [1.807, 2.05) is 24.3 Å². The number of rotatable bonds is 4. The normalized spacial score (nSPS) is 15.4. The predicted molar refractivity (Wildman–Crippen MR) is 89.6 cm³/mol. The smallest absolute Gasteiger partial charge is 0.123 e. The lowest BCUT2D eigenvalue weighted by Gasteiger charge is -2.36. The largest absolute Gasteiger partial charge is 0.369 e. The van der Waals surface area contributed by atoms with Crippen molar-refractivity contribution in [1.29, 1.82) is 5.26 Å². The summed E-state index contributed by atoms with van der Waals surface area (Å²) in [4.78, 5) is 4.72. The number of halogens is 1. The van der Waals surface area contributed by atoms with E-state index in [1.165, 1.54) is 17.7 Å².